The van der Waals surface area contributed by atoms with Gasteiger partial charge in [-0.2, -0.15) is 5.26 Å². The predicted molar refractivity (Wildman–Crippen MR) is 74.7 cm³/mol. The van der Waals surface area contributed by atoms with Crippen molar-refractivity contribution in [2.75, 3.05) is 19.6 Å². The molecule has 1 saturated heterocycles. The third-order valence-corrected chi connectivity index (χ3v) is 3.97. The first-order valence-electron chi connectivity index (χ1n) is 7.28. The summed E-state index contributed by atoms with van der Waals surface area (Å²) < 4.78 is 0. The first kappa shape index (κ1) is 16.0. The van der Waals surface area contributed by atoms with Crippen LogP contribution in [0.25, 0.3) is 0 Å². The number of hydrogen-bond donors (Lipinski definition) is 1. The van der Waals surface area contributed by atoms with E-state index in [0.29, 0.717) is 12.3 Å². The van der Waals surface area contributed by atoms with Gasteiger partial charge in [-0.15, -0.1) is 0 Å². The minimum Gasteiger partial charge on any atom is -0.481 e. The Labute approximate surface area is 116 Å². The summed E-state index contributed by atoms with van der Waals surface area (Å²) in [5.74, 6) is -0.121. The van der Waals surface area contributed by atoms with E-state index in [-0.39, 0.29) is 5.41 Å². The number of unbranched alkanes of at least 4 members (excludes halogenated alkanes) is 1. The molecule has 0 aliphatic carbocycles. The van der Waals surface area contributed by atoms with E-state index in [0.717, 1.165) is 51.7 Å². The maximum atomic E-state index is 10.5. The molecule has 0 radical (unpaired) electrons. The molecule has 108 valence electrons. The van der Waals surface area contributed by atoms with Crippen molar-refractivity contribution in [2.24, 2.45) is 11.3 Å². The van der Waals surface area contributed by atoms with Gasteiger partial charge in [0.15, 0.2) is 0 Å². The highest BCUT2D eigenvalue weighted by atomic mass is 16.4. The molecule has 19 heavy (non-hydrogen) atoms. The summed E-state index contributed by atoms with van der Waals surface area (Å²) in [7, 11) is 0. The molecule has 0 aromatic rings. The monoisotopic (exact) mass is 266 g/mol. The first-order chi connectivity index (χ1) is 8.93. The number of aliphatic carboxylic acids is 1. The summed E-state index contributed by atoms with van der Waals surface area (Å²) in [5, 5.41) is 17.6. The van der Waals surface area contributed by atoms with E-state index in [4.69, 9.17) is 10.4 Å². The van der Waals surface area contributed by atoms with Crippen LogP contribution in [0.2, 0.25) is 0 Å². The van der Waals surface area contributed by atoms with Crippen LogP contribution in [0.15, 0.2) is 0 Å². The van der Waals surface area contributed by atoms with Gasteiger partial charge in [0.05, 0.1) is 11.5 Å². The Morgan fingerprint density at radius 1 is 1.47 bits per heavy atom. The van der Waals surface area contributed by atoms with Gasteiger partial charge in [0.2, 0.25) is 0 Å². The van der Waals surface area contributed by atoms with E-state index in [1.807, 2.05) is 13.8 Å². The van der Waals surface area contributed by atoms with Crippen LogP contribution in [0.5, 0.6) is 0 Å². The number of hydrogen-bond acceptors (Lipinski definition) is 3. The zero-order valence-electron chi connectivity index (χ0n) is 12.2. The van der Waals surface area contributed by atoms with Crippen molar-refractivity contribution in [3.8, 4) is 6.07 Å². The van der Waals surface area contributed by atoms with E-state index in [1.165, 1.54) is 0 Å². The SMILES string of the molecule is CC(C)(C#N)CCCCN1CCC(CCC(=O)O)C1. The van der Waals surface area contributed by atoms with E-state index in [2.05, 4.69) is 11.0 Å². The number of carboxylic acids is 1. The Kier molecular flexibility index (Phi) is 6.30. The van der Waals surface area contributed by atoms with Crippen molar-refractivity contribution in [3.63, 3.8) is 0 Å². The van der Waals surface area contributed by atoms with Crippen LogP contribution in [0.1, 0.15) is 52.4 Å². The van der Waals surface area contributed by atoms with Crippen LogP contribution in [0, 0.1) is 22.7 Å². The summed E-state index contributed by atoms with van der Waals surface area (Å²) in [6.45, 7) is 7.22. The second-order valence-corrected chi connectivity index (χ2v) is 6.34. The number of likely N-dealkylation sites (tertiary alicyclic amines) is 1. The van der Waals surface area contributed by atoms with Crippen molar-refractivity contribution >= 4 is 5.97 Å². The zero-order valence-corrected chi connectivity index (χ0v) is 12.2. The van der Waals surface area contributed by atoms with Crippen molar-refractivity contribution in [2.45, 2.75) is 52.4 Å². The van der Waals surface area contributed by atoms with E-state index in [1.54, 1.807) is 0 Å². The smallest absolute Gasteiger partial charge is 0.303 e. The molecule has 1 heterocycles. The predicted octanol–water partition coefficient (Wildman–Crippen LogP) is 2.89. The van der Waals surface area contributed by atoms with Gasteiger partial charge in [0.25, 0.3) is 0 Å². The molecule has 1 N–H and O–H groups in total. The van der Waals surface area contributed by atoms with Gasteiger partial charge in [0.1, 0.15) is 0 Å². The minimum absolute atomic E-state index is 0.199. The Hall–Kier alpha value is -1.08. The highest BCUT2D eigenvalue weighted by Crippen LogP contribution is 2.24. The molecule has 1 unspecified atom stereocenters. The topological polar surface area (TPSA) is 64.3 Å². The molecule has 4 heteroatoms. The standard InChI is InChI=1S/C15H26N2O2/c1-15(2,12-16)8-3-4-9-17-10-7-13(11-17)5-6-14(18)19/h13H,3-11H2,1-2H3,(H,18,19). The van der Waals surface area contributed by atoms with Crippen LogP contribution in [-0.4, -0.2) is 35.6 Å². The van der Waals surface area contributed by atoms with Crippen molar-refractivity contribution in [1.29, 1.82) is 5.26 Å². The van der Waals surface area contributed by atoms with Crippen LogP contribution in [0.3, 0.4) is 0 Å². The van der Waals surface area contributed by atoms with E-state index in [9.17, 15) is 4.79 Å². The van der Waals surface area contributed by atoms with Crippen LogP contribution in [0.4, 0.5) is 0 Å². The van der Waals surface area contributed by atoms with Crippen LogP contribution >= 0.6 is 0 Å². The van der Waals surface area contributed by atoms with Gasteiger partial charge >= 0.3 is 5.97 Å². The number of nitrogens with zero attached hydrogens (tertiary/aromatic N) is 2. The molecular weight excluding hydrogens is 240 g/mol. The van der Waals surface area contributed by atoms with Crippen molar-refractivity contribution in [1.82, 2.24) is 4.90 Å². The zero-order chi connectivity index (χ0) is 14.3. The number of carbonyl (C=O) groups is 1. The second-order valence-electron chi connectivity index (χ2n) is 6.34. The number of nitriles is 1. The number of rotatable bonds is 8. The third kappa shape index (κ3) is 6.58. The fourth-order valence-corrected chi connectivity index (χ4v) is 2.64. The molecule has 0 spiro atoms. The average molecular weight is 266 g/mol. The maximum Gasteiger partial charge on any atom is 0.303 e. The Morgan fingerprint density at radius 2 is 2.21 bits per heavy atom. The summed E-state index contributed by atoms with van der Waals surface area (Å²) in [6, 6.07) is 2.33. The molecule has 1 aliphatic heterocycles. The van der Waals surface area contributed by atoms with Crippen LogP contribution < -0.4 is 0 Å². The Balaban J connectivity index is 2.09. The first-order valence-corrected chi connectivity index (χ1v) is 7.28. The van der Waals surface area contributed by atoms with Gasteiger partial charge in [0, 0.05) is 13.0 Å². The lowest BCUT2D eigenvalue weighted by Gasteiger charge is -2.18. The molecule has 0 aromatic carbocycles. The molecule has 1 fully saturated rings. The normalized spacial score (nSPS) is 20.4. The summed E-state index contributed by atoms with van der Waals surface area (Å²) in [4.78, 5) is 13.0. The third-order valence-electron chi connectivity index (χ3n) is 3.97. The van der Waals surface area contributed by atoms with Crippen molar-refractivity contribution < 1.29 is 9.90 Å². The fraction of sp³-hybridized carbons (Fsp3) is 0.867. The van der Waals surface area contributed by atoms with Gasteiger partial charge in [-0.05, 0) is 58.5 Å². The maximum absolute atomic E-state index is 10.5. The Morgan fingerprint density at radius 3 is 2.84 bits per heavy atom. The Bertz CT molecular complexity index is 334. The highest BCUT2D eigenvalue weighted by molar-refractivity contribution is 5.66. The van der Waals surface area contributed by atoms with E-state index >= 15 is 0 Å². The molecule has 1 atom stereocenters. The van der Waals surface area contributed by atoms with Gasteiger partial charge in [-0.3, -0.25) is 4.79 Å². The molecule has 0 bridgehead atoms. The molecule has 0 amide bonds. The molecular formula is C15H26N2O2. The van der Waals surface area contributed by atoms with Crippen LogP contribution in [-0.2, 0) is 4.79 Å². The van der Waals surface area contributed by atoms with Gasteiger partial charge in [-0.1, -0.05) is 6.42 Å². The molecule has 1 aliphatic rings. The molecule has 0 saturated carbocycles. The lowest BCUT2D eigenvalue weighted by atomic mass is 9.89. The molecule has 4 nitrogen and oxygen atoms in total. The van der Waals surface area contributed by atoms with Gasteiger partial charge in [-0.25, -0.2) is 0 Å². The quantitative estimate of drug-likeness (QED) is 0.686. The molecule has 0 aromatic heterocycles. The minimum atomic E-state index is -0.683. The highest BCUT2D eigenvalue weighted by Gasteiger charge is 2.22. The summed E-state index contributed by atoms with van der Waals surface area (Å²) in [5.41, 5.74) is -0.199. The summed E-state index contributed by atoms with van der Waals surface area (Å²) >= 11 is 0. The number of carboxylic acid groups (broad SMARTS) is 1. The largest absolute Gasteiger partial charge is 0.481 e. The fourth-order valence-electron chi connectivity index (χ4n) is 2.64. The summed E-state index contributed by atoms with van der Waals surface area (Å²) in [6.07, 6.45) is 5.44. The lowest BCUT2D eigenvalue weighted by molar-refractivity contribution is -0.137. The van der Waals surface area contributed by atoms with E-state index < -0.39 is 5.97 Å². The lowest BCUT2D eigenvalue weighted by Crippen LogP contribution is -2.22. The second kappa shape index (κ2) is 7.49. The average Bonchev–Trinajstić information content (AvgIpc) is 2.80. The molecule has 1 rings (SSSR count). The van der Waals surface area contributed by atoms with Gasteiger partial charge < -0.3 is 10.0 Å². The van der Waals surface area contributed by atoms with Crippen molar-refractivity contribution in [3.05, 3.63) is 0 Å².